The van der Waals surface area contributed by atoms with Gasteiger partial charge in [0, 0.05) is 52.7 Å². The summed E-state index contributed by atoms with van der Waals surface area (Å²) < 4.78 is 49.0. The number of imide groups is 1. The summed E-state index contributed by atoms with van der Waals surface area (Å²) in [5.74, 6) is -0.779. The van der Waals surface area contributed by atoms with Crippen molar-refractivity contribution in [3.63, 3.8) is 0 Å². The average Bonchev–Trinajstić information content (AvgIpc) is 3.30. The predicted molar refractivity (Wildman–Crippen MR) is 160 cm³/mol. The van der Waals surface area contributed by atoms with E-state index in [4.69, 9.17) is 42.6 Å². The van der Waals surface area contributed by atoms with Crippen LogP contribution in [0.2, 0.25) is 0 Å². The fraction of sp³-hybridized carbons (Fsp3) is 0.900. The van der Waals surface area contributed by atoms with Crippen LogP contribution in [0.4, 0.5) is 0 Å². The lowest BCUT2D eigenvalue weighted by Crippen LogP contribution is -2.36. The average molecular weight is 637 g/mol. The number of ether oxygens (including phenoxy) is 9. The van der Waals surface area contributed by atoms with Crippen molar-refractivity contribution in [3.8, 4) is 0 Å². The molecule has 0 aromatic heterocycles. The van der Waals surface area contributed by atoms with Crippen molar-refractivity contribution in [1.29, 1.82) is 0 Å². The first-order valence-corrected chi connectivity index (χ1v) is 15.6. The fourth-order valence-electron chi connectivity index (χ4n) is 4.06. The van der Waals surface area contributed by atoms with Crippen LogP contribution in [0.5, 0.6) is 0 Å². The maximum absolute atomic E-state index is 12.4. The molecule has 2 unspecified atom stereocenters. The van der Waals surface area contributed by atoms with Crippen LogP contribution in [0.15, 0.2) is 0 Å². The van der Waals surface area contributed by atoms with Gasteiger partial charge in [0.25, 0.3) is 0 Å². The van der Waals surface area contributed by atoms with Gasteiger partial charge in [0.15, 0.2) is 0 Å². The van der Waals surface area contributed by atoms with Gasteiger partial charge in [-0.05, 0) is 12.3 Å². The molecule has 0 aromatic rings. The lowest BCUT2D eigenvalue weighted by molar-refractivity contribution is -0.140. The molecule has 1 aliphatic rings. The SMILES string of the molecule is COCCOCCOCCOCC(COCCCNC(=O)CCN1C(=O)CC(C(C)C)C1=O)OCCOCCOCCOC. The second-order valence-corrected chi connectivity index (χ2v) is 10.5. The van der Waals surface area contributed by atoms with Crippen LogP contribution in [-0.4, -0.2) is 155 Å². The molecule has 1 N–H and O–H groups in total. The Balaban J connectivity index is 2.21. The Kier molecular flexibility index (Phi) is 25.2. The number of hydrogen-bond donors (Lipinski definition) is 1. The van der Waals surface area contributed by atoms with Gasteiger partial charge in [-0.15, -0.1) is 0 Å². The Morgan fingerprint density at radius 1 is 0.750 bits per heavy atom. The number of rotatable bonds is 31. The molecule has 1 heterocycles. The van der Waals surface area contributed by atoms with Crippen molar-refractivity contribution >= 4 is 17.7 Å². The third-order valence-electron chi connectivity index (χ3n) is 6.60. The van der Waals surface area contributed by atoms with Crippen LogP contribution in [0.1, 0.15) is 33.1 Å². The standard InChI is InChI=1S/C30H56N2O12/c1-25(2)27-22-29(34)32(30(27)35)8-6-28(33)31-7-5-9-42-23-26(44-21-20-41-17-15-39-13-11-37-4)24-43-19-18-40-16-14-38-12-10-36-3/h25-27H,5-24H2,1-4H3,(H,31,33). The number of likely N-dealkylation sites (tertiary alicyclic amines) is 1. The number of methoxy groups -OCH3 is 2. The zero-order valence-electron chi connectivity index (χ0n) is 27.2. The summed E-state index contributed by atoms with van der Waals surface area (Å²) in [6, 6.07) is 0. The van der Waals surface area contributed by atoms with Gasteiger partial charge in [-0.1, -0.05) is 13.8 Å². The van der Waals surface area contributed by atoms with Crippen LogP contribution in [0, 0.1) is 11.8 Å². The molecule has 0 spiro atoms. The van der Waals surface area contributed by atoms with Crippen LogP contribution in [0.25, 0.3) is 0 Å². The highest BCUT2D eigenvalue weighted by atomic mass is 16.6. The predicted octanol–water partition coefficient (Wildman–Crippen LogP) is 0.692. The zero-order valence-corrected chi connectivity index (χ0v) is 27.2. The number of amides is 3. The number of nitrogens with one attached hydrogen (secondary N) is 1. The molecule has 1 fully saturated rings. The van der Waals surface area contributed by atoms with Gasteiger partial charge in [-0.3, -0.25) is 19.3 Å². The van der Waals surface area contributed by atoms with E-state index in [-0.39, 0.29) is 55.0 Å². The van der Waals surface area contributed by atoms with E-state index in [1.165, 1.54) is 4.90 Å². The molecule has 3 amide bonds. The first-order valence-electron chi connectivity index (χ1n) is 15.6. The van der Waals surface area contributed by atoms with Crippen LogP contribution in [0.3, 0.4) is 0 Å². The minimum atomic E-state index is -0.297. The van der Waals surface area contributed by atoms with E-state index >= 15 is 0 Å². The second kappa shape index (κ2) is 27.6. The van der Waals surface area contributed by atoms with E-state index in [1.54, 1.807) is 14.2 Å². The van der Waals surface area contributed by atoms with Gasteiger partial charge >= 0.3 is 0 Å². The molecule has 0 aliphatic carbocycles. The van der Waals surface area contributed by atoms with Crippen LogP contribution >= 0.6 is 0 Å². The topological polar surface area (TPSA) is 150 Å². The number of nitrogens with zero attached hydrogens (tertiary/aromatic N) is 1. The molecule has 0 bridgehead atoms. The Hall–Kier alpha value is -1.75. The number of hydrogen-bond acceptors (Lipinski definition) is 12. The molecule has 0 saturated carbocycles. The van der Waals surface area contributed by atoms with E-state index in [9.17, 15) is 14.4 Å². The van der Waals surface area contributed by atoms with Crippen LogP contribution in [-0.2, 0) is 57.0 Å². The monoisotopic (exact) mass is 636 g/mol. The van der Waals surface area contributed by atoms with Crippen molar-refractivity contribution in [2.75, 3.05) is 126 Å². The highest BCUT2D eigenvalue weighted by molar-refractivity contribution is 6.03. The summed E-state index contributed by atoms with van der Waals surface area (Å²) in [5, 5.41) is 2.81. The maximum Gasteiger partial charge on any atom is 0.233 e. The fourth-order valence-corrected chi connectivity index (χ4v) is 4.06. The van der Waals surface area contributed by atoms with Gasteiger partial charge < -0.3 is 47.9 Å². The first kappa shape index (κ1) is 40.3. The van der Waals surface area contributed by atoms with E-state index in [1.807, 2.05) is 13.8 Å². The second-order valence-electron chi connectivity index (χ2n) is 10.5. The number of carbonyl (C=O) groups is 3. The summed E-state index contributed by atoms with van der Waals surface area (Å²) >= 11 is 0. The summed E-state index contributed by atoms with van der Waals surface area (Å²) in [7, 11) is 3.25. The minimum Gasteiger partial charge on any atom is -0.382 e. The van der Waals surface area contributed by atoms with Crippen molar-refractivity contribution < 1.29 is 57.0 Å². The lowest BCUT2D eigenvalue weighted by atomic mass is 9.94. The van der Waals surface area contributed by atoms with E-state index in [0.717, 1.165) is 0 Å². The zero-order chi connectivity index (χ0) is 32.3. The van der Waals surface area contributed by atoms with E-state index < -0.39 is 0 Å². The molecule has 44 heavy (non-hydrogen) atoms. The first-order chi connectivity index (χ1) is 21.4. The Labute approximate surface area is 262 Å². The molecular formula is C30H56N2O12. The quantitative estimate of drug-likeness (QED) is 0.0843. The molecule has 1 aliphatic heterocycles. The summed E-state index contributed by atoms with van der Waals surface area (Å²) in [6.45, 7) is 11.2. The third kappa shape index (κ3) is 20.3. The van der Waals surface area contributed by atoms with Crippen molar-refractivity contribution in [3.05, 3.63) is 0 Å². The molecule has 14 nitrogen and oxygen atoms in total. The largest absolute Gasteiger partial charge is 0.382 e. The van der Waals surface area contributed by atoms with Gasteiger partial charge in [-0.25, -0.2) is 0 Å². The number of carbonyl (C=O) groups excluding carboxylic acids is 3. The molecule has 2 atom stereocenters. The highest BCUT2D eigenvalue weighted by Crippen LogP contribution is 2.26. The molecule has 0 radical (unpaired) electrons. The molecule has 258 valence electrons. The van der Waals surface area contributed by atoms with Gasteiger partial charge in [0.2, 0.25) is 17.7 Å². The van der Waals surface area contributed by atoms with E-state index in [2.05, 4.69) is 5.32 Å². The highest BCUT2D eigenvalue weighted by Gasteiger charge is 2.39. The molecule has 14 heteroatoms. The molecular weight excluding hydrogens is 580 g/mol. The lowest BCUT2D eigenvalue weighted by Gasteiger charge is -2.19. The minimum absolute atomic E-state index is 0.0856. The summed E-state index contributed by atoms with van der Waals surface area (Å²) in [5.41, 5.74) is 0. The summed E-state index contributed by atoms with van der Waals surface area (Å²) in [4.78, 5) is 37.9. The van der Waals surface area contributed by atoms with Crippen LogP contribution < -0.4 is 5.32 Å². The third-order valence-corrected chi connectivity index (χ3v) is 6.60. The maximum atomic E-state index is 12.4. The summed E-state index contributed by atoms with van der Waals surface area (Å²) in [6.07, 6.45) is 0.612. The molecule has 0 aromatic carbocycles. The normalized spacial score (nSPS) is 15.9. The van der Waals surface area contributed by atoms with E-state index in [0.29, 0.717) is 112 Å². The van der Waals surface area contributed by atoms with Crippen molar-refractivity contribution in [2.45, 2.75) is 39.2 Å². The van der Waals surface area contributed by atoms with Crippen molar-refractivity contribution in [2.24, 2.45) is 11.8 Å². The van der Waals surface area contributed by atoms with Crippen molar-refractivity contribution in [1.82, 2.24) is 10.2 Å². The molecule has 1 rings (SSSR count). The Morgan fingerprint density at radius 3 is 1.77 bits per heavy atom. The Bertz CT molecular complexity index is 743. The van der Waals surface area contributed by atoms with Gasteiger partial charge in [-0.2, -0.15) is 0 Å². The molecule has 1 saturated heterocycles. The Morgan fingerprint density at radius 2 is 1.25 bits per heavy atom. The van der Waals surface area contributed by atoms with Gasteiger partial charge in [0.1, 0.15) is 6.10 Å². The smallest absolute Gasteiger partial charge is 0.233 e. The van der Waals surface area contributed by atoms with Gasteiger partial charge in [0.05, 0.1) is 92.5 Å².